The summed E-state index contributed by atoms with van der Waals surface area (Å²) < 4.78 is 5.96. The number of nitrogens with zero attached hydrogens (tertiary/aromatic N) is 1. The van der Waals surface area contributed by atoms with Gasteiger partial charge in [0.1, 0.15) is 11.8 Å². The zero-order valence-electron chi connectivity index (χ0n) is 15.6. The van der Waals surface area contributed by atoms with Crippen LogP contribution in [0.5, 0.6) is 0 Å². The van der Waals surface area contributed by atoms with E-state index in [1.54, 1.807) is 24.4 Å². The van der Waals surface area contributed by atoms with Crippen LogP contribution in [0.1, 0.15) is 55.4 Å². The lowest BCUT2D eigenvalue weighted by atomic mass is 9.97. The lowest BCUT2D eigenvalue weighted by Crippen LogP contribution is -2.51. The minimum absolute atomic E-state index is 0.0194. The molecule has 1 aliphatic heterocycles. The van der Waals surface area contributed by atoms with Gasteiger partial charge in [-0.25, -0.2) is 0 Å². The van der Waals surface area contributed by atoms with Gasteiger partial charge in [0.25, 0.3) is 5.91 Å². The Kier molecular flexibility index (Phi) is 7.18. The normalized spacial score (nSPS) is 25.9. The van der Waals surface area contributed by atoms with Crippen molar-refractivity contribution in [1.29, 1.82) is 0 Å². The molecular weight excluding hydrogens is 346 g/mol. The minimum atomic E-state index is -0.443. The highest BCUT2D eigenvalue weighted by atomic mass is 16.5. The SMILES string of the molecule is O=C(N[C@H]1CC[C@@H](CCNC(=O)C2CCCC2)O[C@H]1CO)c1ccccn1. The standard InChI is InChI=1S/C20H29N3O4/c24-13-18-16(23-20(26)17-7-3-4-11-21-17)9-8-15(27-18)10-12-22-19(25)14-5-1-2-6-14/h3-4,7,11,14-16,18,24H,1-2,5-6,8-10,12-13H2,(H,22,25)(H,23,26)/t15-,16-,18-/m0/s1. The topological polar surface area (TPSA) is 101 Å². The highest BCUT2D eigenvalue weighted by molar-refractivity contribution is 5.92. The number of aromatic nitrogens is 1. The zero-order valence-corrected chi connectivity index (χ0v) is 15.6. The minimum Gasteiger partial charge on any atom is -0.394 e. The maximum atomic E-state index is 12.3. The number of aliphatic hydroxyl groups is 1. The van der Waals surface area contributed by atoms with Crippen LogP contribution in [-0.2, 0) is 9.53 Å². The van der Waals surface area contributed by atoms with Crippen LogP contribution in [0, 0.1) is 5.92 Å². The predicted molar refractivity (Wildman–Crippen MR) is 100 cm³/mol. The highest BCUT2D eigenvalue weighted by Crippen LogP contribution is 2.25. The lowest BCUT2D eigenvalue weighted by molar-refractivity contribution is -0.125. The summed E-state index contributed by atoms with van der Waals surface area (Å²) in [6, 6.07) is 4.93. The number of amides is 2. The van der Waals surface area contributed by atoms with Crippen molar-refractivity contribution in [3.8, 4) is 0 Å². The van der Waals surface area contributed by atoms with Crippen LogP contribution in [0.25, 0.3) is 0 Å². The fourth-order valence-corrected chi connectivity index (χ4v) is 3.94. The molecule has 2 fully saturated rings. The fourth-order valence-electron chi connectivity index (χ4n) is 3.94. The molecule has 1 aromatic rings. The number of aliphatic hydroxyl groups excluding tert-OH is 1. The summed E-state index contributed by atoms with van der Waals surface area (Å²) in [5, 5.41) is 15.6. The van der Waals surface area contributed by atoms with Crippen molar-refractivity contribution in [2.45, 2.75) is 63.2 Å². The molecule has 0 aromatic carbocycles. The number of ether oxygens (including phenoxy) is 1. The maximum absolute atomic E-state index is 12.3. The van der Waals surface area contributed by atoms with Gasteiger partial charge in [-0.1, -0.05) is 18.9 Å². The molecule has 2 amide bonds. The molecular formula is C20H29N3O4. The van der Waals surface area contributed by atoms with E-state index < -0.39 is 6.10 Å². The summed E-state index contributed by atoms with van der Waals surface area (Å²) in [7, 11) is 0. The first-order valence-electron chi connectivity index (χ1n) is 9.93. The van der Waals surface area contributed by atoms with Gasteiger partial charge in [0.05, 0.1) is 18.8 Å². The van der Waals surface area contributed by atoms with Gasteiger partial charge in [-0.2, -0.15) is 0 Å². The van der Waals surface area contributed by atoms with Crippen molar-refractivity contribution in [3.63, 3.8) is 0 Å². The molecule has 3 atom stereocenters. The first kappa shape index (κ1) is 19.8. The summed E-state index contributed by atoms with van der Waals surface area (Å²) >= 11 is 0. The van der Waals surface area contributed by atoms with Crippen molar-refractivity contribution in [2.75, 3.05) is 13.2 Å². The molecule has 2 aliphatic rings. The van der Waals surface area contributed by atoms with Gasteiger partial charge >= 0.3 is 0 Å². The molecule has 1 saturated carbocycles. The second kappa shape index (κ2) is 9.80. The largest absolute Gasteiger partial charge is 0.394 e. The van der Waals surface area contributed by atoms with Crippen LogP contribution in [0.15, 0.2) is 24.4 Å². The Morgan fingerprint density at radius 1 is 1.19 bits per heavy atom. The summed E-state index contributed by atoms with van der Waals surface area (Å²) in [6.07, 6.45) is 7.62. The van der Waals surface area contributed by atoms with E-state index in [-0.39, 0.29) is 36.5 Å². The molecule has 0 spiro atoms. The van der Waals surface area contributed by atoms with E-state index in [1.165, 1.54) is 0 Å². The monoisotopic (exact) mass is 375 g/mol. The van der Waals surface area contributed by atoms with Gasteiger partial charge in [-0.05, 0) is 44.2 Å². The maximum Gasteiger partial charge on any atom is 0.270 e. The lowest BCUT2D eigenvalue weighted by Gasteiger charge is -2.36. The summed E-state index contributed by atoms with van der Waals surface area (Å²) in [6.45, 7) is 0.432. The molecule has 0 bridgehead atoms. The second-order valence-corrected chi connectivity index (χ2v) is 7.41. The molecule has 3 N–H and O–H groups in total. The molecule has 1 aromatic heterocycles. The van der Waals surface area contributed by atoms with Crippen LogP contribution < -0.4 is 10.6 Å². The van der Waals surface area contributed by atoms with E-state index in [0.717, 1.165) is 44.9 Å². The average Bonchev–Trinajstić information content (AvgIpc) is 3.24. The first-order chi connectivity index (χ1) is 13.2. The average molecular weight is 375 g/mol. The Morgan fingerprint density at radius 2 is 2.00 bits per heavy atom. The van der Waals surface area contributed by atoms with Gasteiger partial charge in [0.2, 0.25) is 5.91 Å². The highest BCUT2D eigenvalue weighted by Gasteiger charge is 2.32. The van der Waals surface area contributed by atoms with E-state index >= 15 is 0 Å². The molecule has 3 rings (SSSR count). The first-order valence-corrected chi connectivity index (χ1v) is 9.93. The fraction of sp³-hybridized carbons (Fsp3) is 0.650. The van der Waals surface area contributed by atoms with Gasteiger partial charge < -0.3 is 20.5 Å². The van der Waals surface area contributed by atoms with E-state index in [1.807, 2.05) is 0 Å². The van der Waals surface area contributed by atoms with E-state index in [2.05, 4.69) is 15.6 Å². The summed E-state index contributed by atoms with van der Waals surface area (Å²) in [5.74, 6) is 0.0705. The van der Waals surface area contributed by atoms with Gasteiger partial charge in [-0.3, -0.25) is 14.6 Å². The molecule has 1 saturated heterocycles. The number of pyridine rings is 1. The smallest absolute Gasteiger partial charge is 0.270 e. The Morgan fingerprint density at radius 3 is 2.70 bits per heavy atom. The molecule has 0 unspecified atom stereocenters. The third kappa shape index (κ3) is 5.49. The van der Waals surface area contributed by atoms with Crippen LogP contribution >= 0.6 is 0 Å². The number of nitrogens with one attached hydrogen (secondary N) is 2. The van der Waals surface area contributed by atoms with E-state index in [0.29, 0.717) is 12.2 Å². The van der Waals surface area contributed by atoms with Crippen molar-refractivity contribution in [1.82, 2.24) is 15.6 Å². The molecule has 1 aliphatic carbocycles. The second-order valence-electron chi connectivity index (χ2n) is 7.41. The Balaban J connectivity index is 1.42. The molecule has 0 radical (unpaired) electrons. The number of rotatable bonds is 7. The summed E-state index contributed by atoms with van der Waals surface area (Å²) in [5.41, 5.74) is 0.353. The number of carbonyl (C=O) groups is 2. The van der Waals surface area contributed by atoms with Crippen LogP contribution in [-0.4, -0.2) is 53.3 Å². The van der Waals surface area contributed by atoms with Crippen molar-refractivity contribution in [2.24, 2.45) is 5.92 Å². The summed E-state index contributed by atoms with van der Waals surface area (Å²) in [4.78, 5) is 28.4. The number of hydrogen-bond donors (Lipinski definition) is 3. The predicted octanol–water partition coefficient (Wildman–Crippen LogP) is 1.42. The van der Waals surface area contributed by atoms with E-state index in [4.69, 9.17) is 4.74 Å². The third-order valence-corrected chi connectivity index (χ3v) is 5.50. The number of carbonyl (C=O) groups excluding carboxylic acids is 2. The Hall–Kier alpha value is -1.99. The van der Waals surface area contributed by atoms with E-state index in [9.17, 15) is 14.7 Å². The molecule has 7 nitrogen and oxygen atoms in total. The van der Waals surface area contributed by atoms with Gasteiger partial charge in [0, 0.05) is 18.7 Å². The van der Waals surface area contributed by atoms with Crippen LogP contribution in [0.4, 0.5) is 0 Å². The zero-order chi connectivity index (χ0) is 19.1. The Labute approximate surface area is 159 Å². The van der Waals surface area contributed by atoms with Crippen LogP contribution in [0.3, 0.4) is 0 Å². The molecule has 148 valence electrons. The van der Waals surface area contributed by atoms with Gasteiger partial charge in [0.15, 0.2) is 0 Å². The number of hydrogen-bond acceptors (Lipinski definition) is 5. The molecule has 7 heteroatoms. The third-order valence-electron chi connectivity index (χ3n) is 5.50. The van der Waals surface area contributed by atoms with Crippen molar-refractivity contribution >= 4 is 11.8 Å². The van der Waals surface area contributed by atoms with Crippen LogP contribution in [0.2, 0.25) is 0 Å². The van der Waals surface area contributed by atoms with Crippen molar-refractivity contribution < 1.29 is 19.4 Å². The van der Waals surface area contributed by atoms with Crippen molar-refractivity contribution in [3.05, 3.63) is 30.1 Å². The molecule has 27 heavy (non-hydrogen) atoms. The van der Waals surface area contributed by atoms with Gasteiger partial charge in [-0.15, -0.1) is 0 Å². The molecule has 2 heterocycles. The quantitative estimate of drug-likeness (QED) is 0.669. The Bertz CT molecular complexity index is 619.